The third-order valence-electron chi connectivity index (χ3n) is 3.74. The highest BCUT2D eigenvalue weighted by atomic mass is 16.6. The quantitative estimate of drug-likeness (QED) is 0.650. The summed E-state index contributed by atoms with van der Waals surface area (Å²) in [7, 11) is 0. The SMILES string of the molecule is CCC(Cc1ccccc1C(=O)O)C(=O)OC(=O)c1ccccc1. The first-order valence-corrected chi connectivity index (χ1v) is 7.65. The molecule has 24 heavy (non-hydrogen) atoms. The van der Waals surface area contributed by atoms with E-state index < -0.39 is 23.8 Å². The summed E-state index contributed by atoms with van der Waals surface area (Å²) in [6.45, 7) is 1.79. The summed E-state index contributed by atoms with van der Waals surface area (Å²) >= 11 is 0. The van der Waals surface area contributed by atoms with Gasteiger partial charge >= 0.3 is 17.9 Å². The number of carbonyl (C=O) groups excluding carboxylic acids is 2. The van der Waals surface area contributed by atoms with E-state index in [1.807, 2.05) is 0 Å². The van der Waals surface area contributed by atoms with Crippen molar-refractivity contribution in [2.45, 2.75) is 19.8 Å². The van der Waals surface area contributed by atoms with E-state index in [4.69, 9.17) is 4.74 Å². The lowest BCUT2D eigenvalue weighted by Crippen LogP contribution is -2.23. The molecule has 0 aliphatic heterocycles. The van der Waals surface area contributed by atoms with Crippen LogP contribution in [0.15, 0.2) is 54.6 Å². The fourth-order valence-corrected chi connectivity index (χ4v) is 2.37. The fraction of sp³-hybridized carbons (Fsp3) is 0.211. The van der Waals surface area contributed by atoms with Gasteiger partial charge in [-0.05, 0) is 36.6 Å². The molecular weight excluding hydrogens is 308 g/mol. The monoisotopic (exact) mass is 326 g/mol. The highest BCUT2D eigenvalue weighted by Gasteiger charge is 2.24. The summed E-state index contributed by atoms with van der Waals surface area (Å²) in [5.41, 5.74) is 0.991. The average Bonchev–Trinajstić information content (AvgIpc) is 2.60. The van der Waals surface area contributed by atoms with Gasteiger partial charge in [0.1, 0.15) is 0 Å². The van der Waals surface area contributed by atoms with Crippen molar-refractivity contribution in [2.24, 2.45) is 5.92 Å². The number of rotatable bonds is 6. The standard InChI is InChI=1S/C19H18O5/c1-2-13(12-15-10-6-7-11-16(15)17(20)21)18(22)24-19(23)14-8-4-3-5-9-14/h3-11,13H,2,12H2,1H3,(H,20,21). The number of carbonyl (C=O) groups is 3. The van der Waals surface area contributed by atoms with Gasteiger partial charge in [-0.2, -0.15) is 0 Å². The van der Waals surface area contributed by atoms with E-state index in [-0.39, 0.29) is 12.0 Å². The van der Waals surface area contributed by atoms with E-state index >= 15 is 0 Å². The number of aromatic carboxylic acids is 1. The van der Waals surface area contributed by atoms with Crippen LogP contribution in [0.3, 0.4) is 0 Å². The smallest absolute Gasteiger partial charge is 0.345 e. The molecule has 0 heterocycles. The van der Waals surface area contributed by atoms with Crippen LogP contribution in [0.1, 0.15) is 39.6 Å². The van der Waals surface area contributed by atoms with Crippen molar-refractivity contribution >= 4 is 17.9 Å². The number of benzene rings is 2. The first kappa shape index (κ1) is 17.4. The van der Waals surface area contributed by atoms with E-state index in [0.717, 1.165) is 0 Å². The van der Waals surface area contributed by atoms with E-state index in [2.05, 4.69) is 0 Å². The summed E-state index contributed by atoms with van der Waals surface area (Å²) in [5.74, 6) is -2.98. The van der Waals surface area contributed by atoms with E-state index in [1.54, 1.807) is 55.5 Å². The van der Waals surface area contributed by atoms with Gasteiger partial charge in [0.15, 0.2) is 0 Å². The molecule has 1 atom stereocenters. The highest BCUT2D eigenvalue weighted by molar-refractivity contribution is 5.97. The van der Waals surface area contributed by atoms with Gasteiger partial charge in [0.05, 0.1) is 17.0 Å². The molecule has 0 aromatic heterocycles. The Morgan fingerprint density at radius 1 is 1.00 bits per heavy atom. The van der Waals surface area contributed by atoms with Gasteiger partial charge in [0.25, 0.3) is 0 Å². The molecule has 2 aromatic rings. The molecule has 0 aliphatic rings. The molecule has 0 spiro atoms. The van der Waals surface area contributed by atoms with Crippen LogP contribution < -0.4 is 0 Å². The number of carboxylic acid groups (broad SMARTS) is 1. The third-order valence-corrected chi connectivity index (χ3v) is 3.74. The van der Waals surface area contributed by atoms with E-state index in [9.17, 15) is 19.5 Å². The summed E-state index contributed by atoms with van der Waals surface area (Å²) in [6, 6.07) is 14.8. The Morgan fingerprint density at radius 3 is 2.25 bits per heavy atom. The number of esters is 2. The van der Waals surface area contributed by atoms with Crippen LogP contribution in [-0.4, -0.2) is 23.0 Å². The van der Waals surface area contributed by atoms with E-state index in [1.165, 1.54) is 6.07 Å². The van der Waals surface area contributed by atoms with Gasteiger partial charge < -0.3 is 9.84 Å². The fourth-order valence-electron chi connectivity index (χ4n) is 2.37. The lowest BCUT2D eigenvalue weighted by molar-refractivity contribution is -0.142. The first-order chi connectivity index (χ1) is 11.5. The second kappa shape index (κ2) is 8.06. The number of ether oxygens (including phenoxy) is 1. The molecule has 0 saturated heterocycles. The molecule has 0 fully saturated rings. The number of hydrogen-bond acceptors (Lipinski definition) is 4. The Balaban J connectivity index is 2.10. The Kier molecular flexibility index (Phi) is 5.84. The molecule has 2 aromatic carbocycles. The van der Waals surface area contributed by atoms with E-state index in [0.29, 0.717) is 17.5 Å². The second-order valence-corrected chi connectivity index (χ2v) is 5.35. The Hall–Kier alpha value is -2.95. The topological polar surface area (TPSA) is 80.7 Å². The second-order valence-electron chi connectivity index (χ2n) is 5.35. The average molecular weight is 326 g/mol. The van der Waals surface area contributed by atoms with Crippen LogP contribution in [0.4, 0.5) is 0 Å². The zero-order valence-corrected chi connectivity index (χ0v) is 13.3. The molecular formula is C19H18O5. The molecule has 0 saturated carbocycles. The van der Waals surface area contributed by atoms with Crippen molar-refractivity contribution in [3.63, 3.8) is 0 Å². The summed E-state index contributed by atoms with van der Waals surface area (Å²) in [5, 5.41) is 9.21. The Labute approximate surface area is 139 Å². The van der Waals surface area contributed by atoms with Crippen molar-refractivity contribution in [1.82, 2.24) is 0 Å². The van der Waals surface area contributed by atoms with Gasteiger partial charge in [-0.25, -0.2) is 9.59 Å². The zero-order chi connectivity index (χ0) is 17.5. The Morgan fingerprint density at radius 2 is 1.62 bits per heavy atom. The van der Waals surface area contributed by atoms with Crippen molar-refractivity contribution in [1.29, 1.82) is 0 Å². The maximum atomic E-state index is 12.3. The zero-order valence-electron chi connectivity index (χ0n) is 13.3. The molecule has 5 heteroatoms. The van der Waals surface area contributed by atoms with Gasteiger partial charge in [-0.15, -0.1) is 0 Å². The molecule has 1 unspecified atom stereocenters. The van der Waals surface area contributed by atoms with Crippen LogP contribution in [-0.2, 0) is 16.0 Å². The van der Waals surface area contributed by atoms with Crippen molar-refractivity contribution in [3.8, 4) is 0 Å². The molecule has 0 amide bonds. The lowest BCUT2D eigenvalue weighted by atomic mass is 9.94. The van der Waals surface area contributed by atoms with Crippen molar-refractivity contribution in [2.75, 3.05) is 0 Å². The summed E-state index contributed by atoms with van der Waals surface area (Å²) in [6.07, 6.45) is 0.648. The Bertz CT molecular complexity index is 736. The van der Waals surface area contributed by atoms with Gasteiger partial charge in [-0.3, -0.25) is 4.79 Å². The van der Waals surface area contributed by atoms with Crippen molar-refractivity contribution < 1.29 is 24.2 Å². The van der Waals surface area contributed by atoms with Crippen LogP contribution in [0.5, 0.6) is 0 Å². The minimum Gasteiger partial charge on any atom is -0.478 e. The predicted molar refractivity (Wildman–Crippen MR) is 87.8 cm³/mol. The van der Waals surface area contributed by atoms with Gasteiger partial charge in [0, 0.05) is 0 Å². The van der Waals surface area contributed by atoms with Crippen LogP contribution in [0, 0.1) is 5.92 Å². The maximum Gasteiger partial charge on any atom is 0.345 e. The maximum absolute atomic E-state index is 12.3. The largest absolute Gasteiger partial charge is 0.478 e. The molecule has 0 radical (unpaired) electrons. The summed E-state index contributed by atoms with van der Waals surface area (Å²) < 4.78 is 4.94. The minimum absolute atomic E-state index is 0.151. The van der Waals surface area contributed by atoms with Gasteiger partial charge in [-0.1, -0.05) is 43.3 Å². The molecule has 1 N–H and O–H groups in total. The third kappa shape index (κ3) is 4.29. The summed E-state index contributed by atoms with van der Waals surface area (Å²) in [4.78, 5) is 35.5. The lowest BCUT2D eigenvalue weighted by Gasteiger charge is -2.14. The predicted octanol–water partition coefficient (Wildman–Crippen LogP) is 3.34. The molecule has 5 nitrogen and oxygen atoms in total. The minimum atomic E-state index is -1.05. The molecule has 124 valence electrons. The number of carboxylic acids is 1. The number of hydrogen-bond donors (Lipinski definition) is 1. The molecule has 2 rings (SSSR count). The molecule has 0 bridgehead atoms. The highest BCUT2D eigenvalue weighted by Crippen LogP contribution is 2.18. The van der Waals surface area contributed by atoms with Crippen LogP contribution >= 0.6 is 0 Å². The normalized spacial score (nSPS) is 11.5. The van der Waals surface area contributed by atoms with Crippen LogP contribution in [0.25, 0.3) is 0 Å². The van der Waals surface area contributed by atoms with Gasteiger partial charge in [0.2, 0.25) is 0 Å². The first-order valence-electron chi connectivity index (χ1n) is 7.65. The van der Waals surface area contributed by atoms with Crippen LogP contribution in [0.2, 0.25) is 0 Å². The van der Waals surface area contributed by atoms with Crippen molar-refractivity contribution in [3.05, 3.63) is 71.3 Å². The molecule has 0 aliphatic carbocycles.